The Bertz CT molecular complexity index is 542. The van der Waals surface area contributed by atoms with Crippen LogP contribution in [0, 0.1) is 6.92 Å². The molecular weight excluding hydrogens is 238 g/mol. The molecular formula is C14H19N5. The summed E-state index contributed by atoms with van der Waals surface area (Å²) in [6, 6.07) is 8.58. The van der Waals surface area contributed by atoms with Gasteiger partial charge in [-0.2, -0.15) is 0 Å². The van der Waals surface area contributed by atoms with E-state index in [1.165, 1.54) is 19.3 Å². The van der Waals surface area contributed by atoms with E-state index in [-0.39, 0.29) is 0 Å². The van der Waals surface area contributed by atoms with Crippen molar-refractivity contribution >= 4 is 0 Å². The van der Waals surface area contributed by atoms with E-state index in [0.717, 1.165) is 30.0 Å². The number of nitrogens with one attached hydrogen (secondary N) is 1. The van der Waals surface area contributed by atoms with Gasteiger partial charge in [-0.05, 0) is 43.2 Å². The Morgan fingerprint density at radius 3 is 3.00 bits per heavy atom. The molecule has 5 nitrogen and oxygen atoms in total. The Hall–Kier alpha value is -1.75. The first kappa shape index (κ1) is 12.3. The van der Waals surface area contributed by atoms with E-state index in [4.69, 9.17) is 0 Å². The average Bonchev–Trinajstić information content (AvgIpc) is 2.89. The first-order valence-corrected chi connectivity index (χ1v) is 6.91. The zero-order valence-electron chi connectivity index (χ0n) is 11.2. The van der Waals surface area contributed by atoms with Gasteiger partial charge in [-0.25, -0.2) is 0 Å². The molecule has 1 fully saturated rings. The monoisotopic (exact) mass is 257 g/mol. The maximum absolute atomic E-state index is 4.49. The molecule has 0 amide bonds. The molecule has 1 unspecified atom stereocenters. The second-order valence-electron chi connectivity index (χ2n) is 5.13. The van der Waals surface area contributed by atoms with Gasteiger partial charge < -0.3 is 5.32 Å². The third-order valence-corrected chi connectivity index (χ3v) is 3.63. The third-order valence-electron chi connectivity index (χ3n) is 3.63. The number of piperidine rings is 1. The van der Waals surface area contributed by atoms with Crippen LogP contribution in [0.3, 0.4) is 0 Å². The van der Waals surface area contributed by atoms with Gasteiger partial charge >= 0.3 is 0 Å². The maximum Gasteiger partial charge on any atom is 0.176 e. The summed E-state index contributed by atoms with van der Waals surface area (Å²) in [7, 11) is 0. The molecule has 1 N–H and O–H groups in total. The zero-order valence-corrected chi connectivity index (χ0v) is 11.2. The van der Waals surface area contributed by atoms with Crippen LogP contribution in [0.2, 0.25) is 0 Å². The van der Waals surface area contributed by atoms with Crippen LogP contribution in [0.4, 0.5) is 0 Å². The molecule has 0 bridgehead atoms. The molecule has 0 saturated carbocycles. The van der Waals surface area contributed by atoms with E-state index in [9.17, 15) is 0 Å². The predicted octanol–water partition coefficient (Wildman–Crippen LogP) is 1.66. The van der Waals surface area contributed by atoms with Crippen LogP contribution in [-0.2, 0) is 6.42 Å². The second-order valence-corrected chi connectivity index (χ2v) is 5.13. The van der Waals surface area contributed by atoms with Gasteiger partial charge in [0.25, 0.3) is 0 Å². The fourth-order valence-electron chi connectivity index (χ4n) is 2.53. The molecule has 2 heterocycles. The largest absolute Gasteiger partial charge is 0.314 e. The van der Waals surface area contributed by atoms with Crippen LogP contribution in [0.1, 0.15) is 30.7 Å². The number of benzene rings is 1. The normalized spacial score (nSPS) is 19.5. The van der Waals surface area contributed by atoms with Crippen molar-refractivity contribution in [1.29, 1.82) is 0 Å². The van der Waals surface area contributed by atoms with Crippen molar-refractivity contribution in [1.82, 2.24) is 25.5 Å². The van der Waals surface area contributed by atoms with Gasteiger partial charge in [0.05, 0.1) is 5.69 Å². The Balaban J connectivity index is 1.74. The first-order chi connectivity index (χ1) is 9.33. The molecule has 1 saturated heterocycles. The lowest BCUT2D eigenvalue weighted by atomic mass is 10.0. The lowest BCUT2D eigenvalue weighted by Gasteiger charge is -2.21. The van der Waals surface area contributed by atoms with E-state index in [1.54, 1.807) is 4.80 Å². The summed E-state index contributed by atoms with van der Waals surface area (Å²) < 4.78 is 0. The molecule has 2 aromatic rings. The highest BCUT2D eigenvalue weighted by Crippen LogP contribution is 2.12. The number of aryl methyl sites for hydroxylation is 1. The van der Waals surface area contributed by atoms with Crippen molar-refractivity contribution in [2.75, 3.05) is 6.54 Å². The molecule has 3 rings (SSSR count). The highest BCUT2D eigenvalue weighted by molar-refractivity contribution is 5.37. The van der Waals surface area contributed by atoms with Crippen LogP contribution < -0.4 is 5.32 Å². The van der Waals surface area contributed by atoms with Crippen molar-refractivity contribution in [3.05, 3.63) is 35.7 Å². The van der Waals surface area contributed by atoms with Gasteiger partial charge in [0.15, 0.2) is 5.82 Å². The molecule has 5 heteroatoms. The van der Waals surface area contributed by atoms with E-state index >= 15 is 0 Å². The van der Waals surface area contributed by atoms with Crippen LogP contribution >= 0.6 is 0 Å². The number of hydrogen-bond donors (Lipinski definition) is 1. The fraction of sp³-hybridized carbons (Fsp3) is 0.500. The predicted molar refractivity (Wildman–Crippen MR) is 73.2 cm³/mol. The average molecular weight is 257 g/mol. The Morgan fingerprint density at radius 1 is 1.32 bits per heavy atom. The molecule has 1 aliphatic rings. The topological polar surface area (TPSA) is 55.6 Å². The van der Waals surface area contributed by atoms with Crippen LogP contribution in [0.25, 0.3) is 5.69 Å². The minimum absolute atomic E-state index is 0.503. The van der Waals surface area contributed by atoms with Gasteiger partial charge in [-0.3, -0.25) is 0 Å². The second kappa shape index (κ2) is 5.48. The minimum Gasteiger partial charge on any atom is -0.314 e. The number of hydrogen-bond acceptors (Lipinski definition) is 4. The zero-order chi connectivity index (χ0) is 13.1. The van der Waals surface area contributed by atoms with Crippen molar-refractivity contribution in [2.24, 2.45) is 0 Å². The Kier molecular flexibility index (Phi) is 3.55. The maximum atomic E-state index is 4.49. The third kappa shape index (κ3) is 2.81. The summed E-state index contributed by atoms with van der Waals surface area (Å²) in [6.45, 7) is 3.16. The van der Waals surface area contributed by atoms with Crippen molar-refractivity contribution in [3.8, 4) is 5.69 Å². The van der Waals surface area contributed by atoms with E-state index < -0.39 is 0 Å². The standard InChI is InChI=1S/C14H19N5/c1-11-6-2-3-8-13(11)19-17-14(16-18-19)10-12-7-4-5-9-15-12/h2-3,6,8,12,15H,4-5,7,9-10H2,1H3. The molecule has 19 heavy (non-hydrogen) atoms. The van der Waals surface area contributed by atoms with Gasteiger partial charge in [0.1, 0.15) is 0 Å². The molecule has 1 atom stereocenters. The highest BCUT2D eigenvalue weighted by atomic mass is 15.6. The molecule has 1 aromatic carbocycles. The van der Waals surface area contributed by atoms with Gasteiger partial charge in [0.2, 0.25) is 0 Å². The summed E-state index contributed by atoms with van der Waals surface area (Å²) >= 11 is 0. The van der Waals surface area contributed by atoms with Crippen LogP contribution in [0.5, 0.6) is 0 Å². The van der Waals surface area contributed by atoms with Gasteiger partial charge in [0, 0.05) is 12.5 Å². The van der Waals surface area contributed by atoms with Crippen molar-refractivity contribution in [3.63, 3.8) is 0 Å². The number of para-hydroxylation sites is 1. The Morgan fingerprint density at radius 2 is 2.21 bits per heavy atom. The summed E-state index contributed by atoms with van der Waals surface area (Å²) in [6.07, 6.45) is 4.65. The van der Waals surface area contributed by atoms with Gasteiger partial charge in [-0.15, -0.1) is 15.0 Å². The van der Waals surface area contributed by atoms with Crippen LogP contribution in [0.15, 0.2) is 24.3 Å². The SMILES string of the molecule is Cc1ccccc1-n1nnc(CC2CCCCN2)n1. The molecule has 0 radical (unpaired) electrons. The van der Waals surface area contributed by atoms with Crippen LogP contribution in [-0.4, -0.2) is 32.8 Å². The number of rotatable bonds is 3. The van der Waals surface area contributed by atoms with E-state index in [0.29, 0.717) is 6.04 Å². The first-order valence-electron chi connectivity index (χ1n) is 6.91. The smallest absolute Gasteiger partial charge is 0.176 e. The van der Waals surface area contributed by atoms with Crippen molar-refractivity contribution < 1.29 is 0 Å². The van der Waals surface area contributed by atoms with Crippen molar-refractivity contribution in [2.45, 2.75) is 38.6 Å². The molecule has 1 aliphatic heterocycles. The minimum atomic E-state index is 0.503. The molecule has 0 aliphatic carbocycles. The van der Waals surface area contributed by atoms with E-state index in [1.807, 2.05) is 18.2 Å². The molecule has 0 spiro atoms. The quantitative estimate of drug-likeness (QED) is 0.908. The summed E-state index contributed by atoms with van der Waals surface area (Å²) in [4.78, 5) is 1.63. The number of tetrazole rings is 1. The Labute approximate surface area is 113 Å². The number of nitrogens with zero attached hydrogens (tertiary/aromatic N) is 4. The summed E-state index contributed by atoms with van der Waals surface area (Å²) in [5, 5.41) is 16.3. The summed E-state index contributed by atoms with van der Waals surface area (Å²) in [5.74, 6) is 0.822. The lowest BCUT2D eigenvalue weighted by molar-refractivity contribution is 0.394. The molecule has 1 aromatic heterocycles. The summed E-state index contributed by atoms with van der Waals surface area (Å²) in [5.41, 5.74) is 2.15. The van der Waals surface area contributed by atoms with Gasteiger partial charge in [-0.1, -0.05) is 24.6 Å². The number of aromatic nitrogens is 4. The molecule has 100 valence electrons. The van der Waals surface area contributed by atoms with E-state index in [2.05, 4.69) is 33.7 Å². The fourth-order valence-corrected chi connectivity index (χ4v) is 2.53. The lowest BCUT2D eigenvalue weighted by Crippen LogP contribution is -2.35. The highest BCUT2D eigenvalue weighted by Gasteiger charge is 2.16.